The van der Waals surface area contributed by atoms with Crippen molar-refractivity contribution in [3.8, 4) is 16.9 Å². The molecule has 3 aliphatic heterocycles. The quantitative estimate of drug-likeness (QED) is 0.694. The maximum absolute atomic E-state index is 13.6. The molecule has 2 atom stereocenters. The third kappa shape index (κ3) is 3.06. The number of rotatable bonds is 1. The molecule has 1 saturated heterocycles. The highest BCUT2D eigenvalue weighted by Gasteiger charge is 2.59. The van der Waals surface area contributed by atoms with Crippen LogP contribution in [-0.2, 0) is 15.1 Å². The van der Waals surface area contributed by atoms with Crippen LogP contribution >= 0.6 is 0 Å². The molecule has 0 saturated carbocycles. The Hall–Kier alpha value is -3.37. The fourth-order valence-corrected chi connectivity index (χ4v) is 5.36. The second-order valence-corrected chi connectivity index (χ2v) is 9.56. The number of amides is 1. The molecule has 2 unspecified atom stereocenters. The van der Waals surface area contributed by atoms with Crippen LogP contribution in [0, 0.1) is 6.57 Å². The molecule has 1 fully saturated rings. The fourth-order valence-electron chi connectivity index (χ4n) is 5.36. The summed E-state index contributed by atoms with van der Waals surface area (Å²) in [5.41, 5.74) is 7.17. The molecular weight excluding hydrogens is 404 g/mol. The minimum Gasteiger partial charge on any atom is -0.487 e. The zero-order valence-electron chi connectivity index (χ0n) is 18.5. The lowest BCUT2D eigenvalue weighted by Crippen LogP contribution is -2.57. The number of benzene rings is 2. The largest absolute Gasteiger partial charge is 0.487 e. The minimum absolute atomic E-state index is 0.143. The van der Waals surface area contributed by atoms with Gasteiger partial charge in [-0.05, 0) is 43.2 Å². The average Bonchev–Trinajstić information content (AvgIpc) is 2.96. The molecule has 2 aromatic rings. The number of hydrogen-bond donors (Lipinski definition) is 1. The third-order valence-corrected chi connectivity index (χ3v) is 6.74. The SMILES string of the molecule is [C-]#[N+]c1cccc(-c2ccc3c(c2)C2(CC4(CCOC(C)(C)C4)O3)N=C(N)N(C)C2=O)c1. The van der Waals surface area contributed by atoms with E-state index in [4.69, 9.17) is 26.8 Å². The van der Waals surface area contributed by atoms with E-state index in [1.165, 1.54) is 4.90 Å². The molecule has 2 N–H and O–H groups in total. The topological polar surface area (TPSA) is 81.5 Å². The van der Waals surface area contributed by atoms with Crippen LogP contribution in [0.5, 0.6) is 5.75 Å². The molecule has 3 aliphatic rings. The molecule has 3 heterocycles. The van der Waals surface area contributed by atoms with E-state index in [1.807, 2.05) is 50.2 Å². The number of fused-ring (bicyclic) bond motifs is 2. The number of nitrogens with two attached hydrogens (primary N) is 1. The molecule has 164 valence electrons. The van der Waals surface area contributed by atoms with Crippen LogP contribution in [0.1, 0.15) is 38.7 Å². The number of carbonyl (C=O) groups excluding carboxylic acids is 1. The first-order valence-electron chi connectivity index (χ1n) is 10.8. The van der Waals surface area contributed by atoms with Crippen molar-refractivity contribution in [3.63, 3.8) is 0 Å². The lowest BCUT2D eigenvalue weighted by molar-refractivity contribution is -0.156. The van der Waals surface area contributed by atoms with E-state index in [2.05, 4.69) is 4.85 Å². The van der Waals surface area contributed by atoms with Gasteiger partial charge in [-0.2, -0.15) is 0 Å². The molecule has 0 radical (unpaired) electrons. The van der Waals surface area contributed by atoms with Crippen molar-refractivity contribution in [3.05, 3.63) is 59.4 Å². The first-order chi connectivity index (χ1) is 15.2. The molecule has 2 spiro atoms. The van der Waals surface area contributed by atoms with E-state index in [9.17, 15) is 4.79 Å². The van der Waals surface area contributed by atoms with E-state index < -0.39 is 11.1 Å². The van der Waals surface area contributed by atoms with Crippen LogP contribution in [0.15, 0.2) is 47.5 Å². The van der Waals surface area contributed by atoms with Crippen LogP contribution in [-0.4, -0.2) is 41.6 Å². The van der Waals surface area contributed by atoms with Crippen molar-refractivity contribution in [1.82, 2.24) is 4.90 Å². The molecule has 32 heavy (non-hydrogen) atoms. The minimum atomic E-state index is -1.13. The molecule has 1 amide bonds. The van der Waals surface area contributed by atoms with Gasteiger partial charge >= 0.3 is 0 Å². The average molecular weight is 431 g/mol. The summed E-state index contributed by atoms with van der Waals surface area (Å²) in [6.07, 6.45) is 1.75. The number of guanidine groups is 1. The summed E-state index contributed by atoms with van der Waals surface area (Å²) in [4.78, 5) is 23.3. The Morgan fingerprint density at radius 1 is 1.16 bits per heavy atom. The van der Waals surface area contributed by atoms with Gasteiger partial charge in [0.25, 0.3) is 5.91 Å². The summed E-state index contributed by atoms with van der Waals surface area (Å²) < 4.78 is 12.6. The summed E-state index contributed by atoms with van der Waals surface area (Å²) in [6, 6.07) is 13.3. The summed E-state index contributed by atoms with van der Waals surface area (Å²) in [5.74, 6) is 0.722. The zero-order chi connectivity index (χ0) is 22.7. The number of hydrogen-bond acceptors (Lipinski definition) is 5. The number of ether oxygens (including phenoxy) is 2. The fraction of sp³-hybridized carbons (Fsp3) is 0.400. The van der Waals surface area contributed by atoms with Gasteiger partial charge in [0.15, 0.2) is 17.2 Å². The maximum Gasteiger partial charge on any atom is 0.261 e. The maximum atomic E-state index is 13.6. The molecule has 0 bridgehead atoms. The summed E-state index contributed by atoms with van der Waals surface area (Å²) in [5, 5.41) is 0. The van der Waals surface area contributed by atoms with Crippen LogP contribution < -0.4 is 10.5 Å². The van der Waals surface area contributed by atoms with Crippen molar-refractivity contribution < 1.29 is 14.3 Å². The second kappa shape index (κ2) is 6.81. The van der Waals surface area contributed by atoms with Gasteiger partial charge < -0.3 is 15.2 Å². The van der Waals surface area contributed by atoms with Gasteiger partial charge in [0.05, 0.1) is 18.8 Å². The molecular formula is C25H26N4O3. The normalized spacial score (nSPS) is 28.2. The van der Waals surface area contributed by atoms with Gasteiger partial charge in [0, 0.05) is 31.9 Å². The number of likely N-dealkylation sites (N-methyl/N-ethyl adjacent to an activating group) is 1. The van der Waals surface area contributed by atoms with E-state index in [0.717, 1.165) is 16.7 Å². The Bertz CT molecular complexity index is 1200. The summed E-state index contributed by atoms with van der Waals surface area (Å²) >= 11 is 0. The molecule has 0 aromatic heterocycles. The molecule has 2 aromatic carbocycles. The molecule has 7 heteroatoms. The number of carbonyl (C=O) groups is 1. The van der Waals surface area contributed by atoms with E-state index in [0.29, 0.717) is 37.3 Å². The highest BCUT2D eigenvalue weighted by molar-refractivity contribution is 6.07. The summed E-state index contributed by atoms with van der Waals surface area (Å²) in [6.45, 7) is 12.0. The molecule has 5 rings (SSSR count). The standard InChI is InChI=1S/C25H26N4O3/c1-23(2)14-24(10-11-31-23)15-25(21(30)29(4)22(26)28-25)19-13-17(8-9-20(19)32-24)16-6-5-7-18(12-16)27-3/h5-9,12-13H,10-11,14-15H2,1-2,4H3,(H2,26,28). The predicted octanol–water partition coefficient (Wildman–Crippen LogP) is 4.00. The summed E-state index contributed by atoms with van der Waals surface area (Å²) in [7, 11) is 1.66. The van der Waals surface area contributed by atoms with Crippen molar-refractivity contribution >= 4 is 17.6 Å². The van der Waals surface area contributed by atoms with Crippen LogP contribution in [0.3, 0.4) is 0 Å². The highest BCUT2D eigenvalue weighted by Crippen LogP contribution is 2.54. The monoisotopic (exact) mass is 430 g/mol. The number of aliphatic imine (C=N–C) groups is 1. The van der Waals surface area contributed by atoms with Gasteiger partial charge in [-0.3, -0.25) is 9.69 Å². The Labute approximate surface area is 187 Å². The van der Waals surface area contributed by atoms with Gasteiger partial charge in [-0.25, -0.2) is 9.84 Å². The van der Waals surface area contributed by atoms with E-state index in [-0.39, 0.29) is 17.5 Å². The second-order valence-electron chi connectivity index (χ2n) is 9.56. The van der Waals surface area contributed by atoms with Crippen LogP contribution in [0.2, 0.25) is 0 Å². The lowest BCUT2D eigenvalue weighted by Gasteiger charge is -2.50. The van der Waals surface area contributed by atoms with Crippen LogP contribution in [0.4, 0.5) is 5.69 Å². The number of nitrogens with zero attached hydrogens (tertiary/aromatic N) is 3. The van der Waals surface area contributed by atoms with Crippen molar-refractivity contribution in [2.24, 2.45) is 10.7 Å². The molecule has 0 aliphatic carbocycles. The first kappa shape index (κ1) is 20.5. The molecule has 7 nitrogen and oxygen atoms in total. The third-order valence-electron chi connectivity index (χ3n) is 6.74. The Morgan fingerprint density at radius 3 is 2.62 bits per heavy atom. The Balaban J connectivity index is 1.68. The van der Waals surface area contributed by atoms with Gasteiger partial charge in [0.2, 0.25) is 0 Å². The highest BCUT2D eigenvalue weighted by atomic mass is 16.5. The van der Waals surface area contributed by atoms with Crippen LogP contribution in [0.25, 0.3) is 16.0 Å². The Kier molecular flexibility index (Phi) is 4.37. The smallest absolute Gasteiger partial charge is 0.261 e. The van der Waals surface area contributed by atoms with Gasteiger partial charge in [0.1, 0.15) is 11.4 Å². The Morgan fingerprint density at radius 2 is 1.94 bits per heavy atom. The van der Waals surface area contributed by atoms with Gasteiger partial charge in [-0.15, -0.1) is 0 Å². The van der Waals surface area contributed by atoms with Crippen molar-refractivity contribution in [2.75, 3.05) is 13.7 Å². The van der Waals surface area contributed by atoms with E-state index >= 15 is 0 Å². The zero-order valence-corrected chi connectivity index (χ0v) is 18.5. The van der Waals surface area contributed by atoms with Crippen molar-refractivity contribution in [1.29, 1.82) is 0 Å². The lowest BCUT2D eigenvalue weighted by atomic mass is 9.70. The first-order valence-corrected chi connectivity index (χ1v) is 10.8. The van der Waals surface area contributed by atoms with Gasteiger partial charge in [-0.1, -0.05) is 24.3 Å². The predicted molar refractivity (Wildman–Crippen MR) is 121 cm³/mol. The van der Waals surface area contributed by atoms with Crippen molar-refractivity contribution in [2.45, 2.75) is 49.9 Å². The van der Waals surface area contributed by atoms with E-state index in [1.54, 1.807) is 13.1 Å².